The summed E-state index contributed by atoms with van der Waals surface area (Å²) >= 11 is 0. The molecule has 0 aromatic heterocycles. The standard InChI is InChI=1S/C21H23FN2O2/c1-13(2)15-5-9-17(10-6-15)24-21(26)19-11-18(19)20(25)23-12-14-3-7-16(22)8-4-14/h3-10,13,18-19H,11-12H2,1-2H3,(H,23,25)(H,24,26). The molecular formula is C21H23FN2O2. The Bertz CT molecular complexity index is 785. The summed E-state index contributed by atoms with van der Waals surface area (Å²) in [5, 5.41) is 5.68. The van der Waals surface area contributed by atoms with E-state index in [-0.39, 0.29) is 29.5 Å². The van der Waals surface area contributed by atoms with E-state index in [1.807, 2.05) is 24.3 Å². The van der Waals surface area contributed by atoms with Crippen molar-refractivity contribution in [2.75, 3.05) is 5.32 Å². The van der Waals surface area contributed by atoms with E-state index >= 15 is 0 Å². The molecule has 136 valence electrons. The zero-order valence-corrected chi connectivity index (χ0v) is 15.0. The van der Waals surface area contributed by atoms with Gasteiger partial charge in [0, 0.05) is 12.2 Å². The summed E-state index contributed by atoms with van der Waals surface area (Å²) in [6.45, 7) is 4.57. The van der Waals surface area contributed by atoms with Crippen LogP contribution in [-0.2, 0) is 16.1 Å². The van der Waals surface area contributed by atoms with Crippen molar-refractivity contribution in [3.05, 3.63) is 65.5 Å². The molecule has 0 bridgehead atoms. The van der Waals surface area contributed by atoms with Crippen molar-refractivity contribution >= 4 is 17.5 Å². The van der Waals surface area contributed by atoms with E-state index in [1.165, 1.54) is 17.7 Å². The van der Waals surface area contributed by atoms with E-state index in [1.54, 1.807) is 12.1 Å². The maximum absolute atomic E-state index is 12.9. The smallest absolute Gasteiger partial charge is 0.228 e. The molecule has 26 heavy (non-hydrogen) atoms. The third-order valence-electron chi connectivity index (χ3n) is 4.69. The van der Waals surface area contributed by atoms with Crippen LogP contribution >= 0.6 is 0 Å². The number of carbonyl (C=O) groups excluding carboxylic acids is 2. The summed E-state index contributed by atoms with van der Waals surface area (Å²) < 4.78 is 12.9. The molecule has 3 rings (SSSR count). The van der Waals surface area contributed by atoms with E-state index in [2.05, 4.69) is 24.5 Å². The lowest BCUT2D eigenvalue weighted by molar-refractivity contribution is -0.125. The highest BCUT2D eigenvalue weighted by molar-refractivity contribution is 5.99. The Balaban J connectivity index is 1.47. The van der Waals surface area contributed by atoms with Crippen LogP contribution in [0.1, 0.15) is 37.3 Å². The molecule has 0 aliphatic heterocycles. The average molecular weight is 354 g/mol. The van der Waals surface area contributed by atoms with Crippen LogP contribution in [0.25, 0.3) is 0 Å². The number of rotatable bonds is 6. The fourth-order valence-electron chi connectivity index (χ4n) is 2.88. The Morgan fingerprint density at radius 2 is 1.62 bits per heavy atom. The second-order valence-corrected chi connectivity index (χ2v) is 7.06. The number of amides is 2. The molecule has 0 radical (unpaired) electrons. The molecule has 0 saturated heterocycles. The highest BCUT2D eigenvalue weighted by Gasteiger charge is 2.47. The molecule has 2 aromatic carbocycles. The fourth-order valence-corrected chi connectivity index (χ4v) is 2.88. The van der Waals surface area contributed by atoms with Crippen molar-refractivity contribution in [2.45, 2.75) is 32.7 Å². The summed E-state index contributed by atoms with van der Waals surface area (Å²) in [5.41, 5.74) is 2.79. The molecule has 2 amide bonds. The summed E-state index contributed by atoms with van der Waals surface area (Å²) in [4.78, 5) is 24.5. The van der Waals surface area contributed by atoms with Gasteiger partial charge in [0.1, 0.15) is 5.82 Å². The predicted octanol–water partition coefficient (Wildman–Crippen LogP) is 3.84. The summed E-state index contributed by atoms with van der Waals surface area (Å²) in [6.07, 6.45) is 0.561. The van der Waals surface area contributed by atoms with Gasteiger partial charge in [-0.3, -0.25) is 9.59 Å². The van der Waals surface area contributed by atoms with Crippen LogP contribution in [0.4, 0.5) is 10.1 Å². The van der Waals surface area contributed by atoms with Crippen molar-refractivity contribution in [2.24, 2.45) is 11.8 Å². The third-order valence-corrected chi connectivity index (χ3v) is 4.69. The first kappa shape index (κ1) is 18.1. The molecule has 1 saturated carbocycles. The number of benzene rings is 2. The van der Waals surface area contributed by atoms with Gasteiger partial charge in [-0.2, -0.15) is 0 Å². The van der Waals surface area contributed by atoms with Crippen molar-refractivity contribution in [3.8, 4) is 0 Å². The zero-order valence-electron chi connectivity index (χ0n) is 15.0. The fraction of sp³-hybridized carbons (Fsp3) is 0.333. The largest absolute Gasteiger partial charge is 0.352 e. The van der Waals surface area contributed by atoms with Gasteiger partial charge in [0.25, 0.3) is 0 Å². The van der Waals surface area contributed by atoms with E-state index in [4.69, 9.17) is 0 Å². The number of halogens is 1. The first-order valence-corrected chi connectivity index (χ1v) is 8.87. The summed E-state index contributed by atoms with van der Waals surface area (Å²) in [6, 6.07) is 13.8. The Kier molecular flexibility index (Phi) is 5.35. The number of anilines is 1. The molecule has 0 heterocycles. The van der Waals surface area contributed by atoms with Gasteiger partial charge in [0.2, 0.25) is 11.8 Å². The molecule has 2 aromatic rings. The highest BCUT2D eigenvalue weighted by atomic mass is 19.1. The second-order valence-electron chi connectivity index (χ2n) is 7.06. The van der Waals surface area contributed by atoms with Crippen molar-refractivity contribution in [3.63, 3.8) is 0 Å². The van der Waals surface area contributed by atoms with Gasteiger partial charge in [-0.15, -0.1) is 0 Å². The maximum atomic E-state index is 12.9. The molecule has 5 heteroatoms. The van der Waals surface area contributed by atoms with Gasteiger partial charge in [0.05, 0.1) is 11.8 Å². The molecular weight excluding hydrogens is 331 g/mol. The van der Waals surface area contributed by atoms with Gasteiger partial charge in [-0.1, -0.05) is 38.1 Å². The lowest BCUT2D eigenvalue weighted by Gasteiger charge is -2.09. The van der Waals surface area contributed by atoms with Crippen LogP contribution in [0.5, 0.6) is 0 Å². The topological polar surface area (TPSA) is 58.2 Å². The normalized spacial score (nSPS) is 18.5. The quantitative estimate of drug-likeness (QED) is 0.828. The molecule has 2 unspecified atom stereocenters. The van der Waals surface area contributed by atoms with Gasteiger partial charge in [-0.05, 0) is 47.7 Å². The van der Waals surface area contributed by atoms with Crippen LogP contribution in [0.3, 0.4) is 0 Å². The molecule has 1 aliphatic carbocycles. The Labute approximate surface area is 152 Å². The predicted molar refractivity (Wildman–Crippen MR) is 99.0 cm³/mol. The van der Waals surface area contributed by atoms with Crippen LogP contribution in [0.2, 0.25) is 0 Å². The van der Waals surface area contributed by atoms with Crippen molar-refractivity contribution in [1.29, 1.82) is 0 Å². The first-order chi connectivity index (χ1) is 12.4. The minimum absolute atomic E-state index is 0.121. The first-order valence-electron chi connectivity index (χ1n) is 8.87. The molecule has 4 nitrogen and oxygen atoms in total. The van der Waals surface area contributed by atoms with E-state index in [0.29, 0.717) is 18.9 Å². The van der Waals surface area contributed by atoms with Crippen LogP contribution in [-0.4, -0.2) is 11.8 Å². The second kappa shape index (κ2) is 7.68. The van der Waals surface area contributed by atoms with Crippen molar-refractivity contribution in [1.82, 2.24) is 5.32 Å². The molecule has 1 aliphatic rings. The maximum Gasteiger partial charge on any atom is 0.228 e. The SMILES string of the molecule is CC(C)c1ccc(NC(=O)C2CC2C(=O)NCc2ccc(F)cc2)cc1. The monoisotopic (exact) mass is 354 g/mol. The lowest BCUT2D eigenvalue weighted by atomic mass is 10.0. The minimum Gasteiger partial charge on any atom is -0.352 e. The van der Waals surface area contributed by atoms with E-state index in [0.717, 1.165) is 11.3 Å². The van der Waals surface area contributed by atoms with E-state index in [9.17, 15) is 14.0 Å². The van der Waals surface area contributed by atoms with Gasteiger partial charge in [-0.25, -0.2) is 4.39 Å². The van der Waals surface area contributed by atoms with Crippen LogP contribution in [0.15, 0.2) is 48.5 Å². The Hall–Kier alpha value is -2.69. The Morgan fingerprint density at radius 3 is 2.23 bits per heavy atom. The van der Waals surface area contributed by atoms with Gasteiger partial charge in [0.15, 0.2) is 0 Å². The minimum atomic E-state index is -0.305. The summed E-state index contributed by atoms with van der Waals surface area (Å²) in [5.74, 6) is -0.690. The number of hydrogen-bond donors (Lipinski definition) is 2. The van der Waals surface area contributed by atoms with Crippen LogP contribution in [0, 0.1) is 17.7 Å². The van der Waals surface area contributed by atoms with Crippen molar-refractivity contribution < 1.29 is 14.0 Å². The molecule has 2 atom stereocenters. The molecule has 1 fully saturated rings. The van der Waals surface area contributed by atoms with E-state index < -0.39 is 0 Å². The lowest BCUT2D eigenvalue weighted by Crippen LogP contribution is -2.27. The average Bonchev–Trinajstić information content (AvgIpc) is 3.42. The molecule has 0 spiro atoms. The highest BCUT2D eigenvalue weighted by Crippen LogP contribution is 2.39. The molecule has 2 N–H and O–H groups in total. The van der Waals surface area contributed by atoms with Gasteiger partial charge < -0.3 is 10.6 Å². The third kappa shape index (κ3) is 4.48. The number of hydrogen-bond acceptors (Lipinski definition) is 2. The van der Waals surface area contributed by atoms with Gasteiger partial charge >= 0.3 is 0 Å². The number of carbonyl (C=O) groups is 2. The summed E-state index contributed by atoms with van der Waals surface area (Å²) in [7, 11) is 0. The van der Waals surface area contributed by atoms with Crippen LogP contribution < -0.4 is 10.6 Å². The number of nitrogens with one attached hydrogen (secondary N) is 2. The Morgan fingerprint density at radius 1 is 1.00 bits per heavy atom. The zero-order chi connectivity index (χ0) is 18.7.